The zero-order valence-corrected chi connectivity index (χ0v) is 9.34. The minimum absolute atomic E-state index is 0.178. The fourth-order valence-electron chi connectivity index (χ4n) is 1.59. The minimum Gasteiger partial charge on any atom is -0.398 e. The topological polar surface area (TPSA) is 86.2 Å². The molecule has 0 unspecified atom stereocenters. The highest BCUT2D eigenvalue weighted by atomic mass is 32.2. The summed E-state index contributed by atoms with van der Waals surface area (Å²) in [5.41, 5.74) is 12.4. The molecular weight excluding hydrogens is 212 g/mol. The third-order valence-corrected chi connectivity index (χ3v) is 3.93. The molecule has 1 aromatic rings. The van der Waals surface area contributed by atoms with Gasteiger partial charge in [0.25, 0.3) is 0 Å². The van der Waals surface area contributed by atoms with Gasteiger partial charge < -0.3 is 11.5 Å². The van der Waals surface area contributed by atoms with E-state index in [2.05, 4.69) is 0 Å². The van der Waals surface area contributed by atoms with Crippen LogP contribution in [0.25, 0.3) is 0 Å². The van der Waals surface area contributed by atoms with Crippen molar-refractivity contribution in [3.63, 3.8) is 0 Å². The van der Waals surface area contributed by atoms with Gasteiger partial charge >= 0.3 is 0 Å². The first-order chi connectivity index (χ1) is 6.83. The molecule has 0 bridgehead atoms. The monoisotopic (exact) mass is 226 g/mol. The van der Waals surface area contributed by atoms with Gasteiger partial charge in [-0.25, -0.2) is 8.42 Å². The van der Waals surface area contributed by atoms with Gasteiger partial charge in [-0.2, -0.15) is 0 Å². The van der Waals surface area contributed by atoms with Gasteiger partial charge in [-0.05, 0) is 30.5 Å². The summed E-state index contributed by atoms with van der Waals surface area (Å²) in [6.07, 6.45) is 2.96. The van der Waals surface area contributed by atoms with Crippen LogP contribution in [0.3, 0.4) is 0 Å². The van der Waals surface area contributed by atoms with Crippen LogP contribution < -0.4 is 11.5 Å². The molecule has 1 aromatic carbocycles. The predicted octanol–water partition coefficient (Wildman–Crippen LogP) is 0.620. The third kappa shape index (κ3) is 1.85. The quantitative estimate of drug-likeness (QED) is 0.724. The van der Waals surface area contributed by atoms with E-state index in [0.717, 1.165) is 24.7 Å². The number of nitrogen functional groups attached to an aromatic ring is 1. The summed E-state index contributed by atoms with van der Waals surface area (Å²) < 4.78 is 22.9. The van der Waals surface area contributed by atoms with Crippen molar-refractivity contribution >= 4 is 15.5 Å². The van der Waals surface area contributed by atoms with Gasteiger partial charge in [-0.3, -0.25) is 0 Å². The number of sulfone groups is 1. The summed E-state index contributed by atoms with van der Waals surface area (Å²) in [6, 6.07) is 5.01. The van der Waals surface area contributed by atoms with Crippen LogP contribution >= 0.6 is 0 Å². The van der Waals surface area contributed by atoms with E-state index in [4.69, 9.17) is 11.5 Å². The first kappa shape index (κ1) is 10.4. The van der Waals surface area contributed by atoms with Crippen LogP contribution in [0.2, 0.25) is 0 Å². The van der Waals surface area contributed by atoms with E-state index < -0.39 is 9.84 Å². The minimum atomic E-state index is -3.27. The van der Waals surface area contributed by atoms with Gasteiger partial charge in [0, 0.05) is 11.8 Å². The van der Waals surface area contributed by atoms with Crippen LogP contribution in [0.5, 0.6) is 0 Å². The van der Waals surface area contributed by atoms with Crippen molar-refractivity contribution in [2.45, 2.75) is 23.3 Å². The molecule has 5 heteroatoms. The van der Waals surface area contributed by atoms with Crippen LogP contribution in [0.1, 0.15) is 18.4 Å². The van der Waals surface area contributed by atoms with Crippen molar-refractivity contribution in [1.82, 2.24) is 0 Å². The molecule has 2 rings (SSSR count). The van der Waals surface area contributed by atoms with Crippen LogP contribution in [0, 0.1) is 0 Å². The van der Waals surface area contributed by atoms with Gasteiger partial charge in [-0.15, -0.1) is 0 Å². The van der Waals surface area contributed by atoms with Crippen molar-refractivity contribution in [2.24, 2.45) is 5.73 Å². The summed E-state index contributed by atoms with van der Waals surface area (Å²) in [5.74, 6) is 0. The second-order valence-corrected chi connectivity index (χ2v) is 6.17. The first-order valence-electron chi connectivity index (χ1n) is 4.72. The number of anilines is 1. The van der Waals surface area contributed by atoms with E-state index >= 15 is 0 Å². The van der Waals surface area contributed by atoms with E-state index in [0.29, 0.717) is 0 Å². The van der Waals surface area contributed by atoms with Crippen LogP contribution in [0.15, 0.2) is 23.1 Å². The molecule has 4 N–H and O–H groups in total. The van der Waals surface area contributed by atoms with Crippen molar-refractivity contribution in [3.8, 4) is 0 Å². The van der Waals surface area contributed by atoms with Gasteiger partial charge in [0.05, 0.1) is 10.6 Å². The lowest BCUT2D eigenvalue weighted by molar-refractivity contribution is 0.602. The van der Waals surface area contributed by atoms with Crippen molar-refractivity contribution in [2.75, 3.05) is 12.0 Å². The molecule has 1 aliphatic rings. The highest BCUT2D eigenvalue weighted by Crippen LogP contribution is 2.43. The highest BCUT2D eigenvalue weighted by molar-refractivity contribution is 7.90. The van der Waals surface area contributed by atoms with Crippen LogP contribution in [-0.4, -0.2) is 14.7 Å². The highest BCUT2D eigenvalue weighted by Gasteiger charge is 2.40. The SMILES string of the molecule is CS(=O)(=O)c1cc(C2(N)CC2)ccc1N. The van der Waals surface area contributed by atoms with E-state index in [9.17, 15) is 8.42 Å². The Labute approximate surface area is 89.2 Å². The average Bonchev–Trinajstić information content (AvgIpc) is 2.83. The Hall–Kier alpha value is -1.07. The number of benzene rings is 1. The van der Waals surface area contributed by atoms with E-state index in [1.807, 2.05) is 0 Å². The fraction of sp³-hybridized carbons (Fsp3) is 0.400. The molecule has 1 fully saturated rings. The molecule has 0 saturated heterocycles. The summed E-state index contributed by atoms with van der Waals surface area (Å²) in [4.78, 5) is 0.178. The Kier molecular flexibility index (Phi) is 2.06. The fourth-order valence-corrected chi connectivity index (χ4v) is 2.43. The zero-order valence-electron chi connectivity index (χ0n) is 8.53. The van der Waals surface area contributed by atoms with Crippen LogP contribution in [0.4, 0.5) is 5.69 Å². The smallest absolute Gasteiger partial charge is 0.177 e. The number of nitrogens with two attached hydrogens (primary N) is 2. The normalized spacial score (nSPS) is 18.8. The zero-order chi connectivity index (χ0) is 11.3. The summed E-state index contributed by atoms with van der Waals surface area (Å²) in [7, 11) is -3.27. The van der Waals surface area contributed by atoms with Crippen molar-refractivity contribution in [1.29, 1.82) is 0 Å². The van der Waals surface area contributed by atoms with Gasteiger partial charge in [-0.1, -0.05) is 6.07 Å². The van der Waals surface area contributed by atoms with Gasteiger partial charge in [0.1, 0.15) is 0 Å². The first-order valence-corrected chi connectivity index (χ1v) is 6.61. The molecule has 0 spiro atoms. The summed E-state index contributed by atoms with van der Waals surface area (Å²) in [6.45, 7) is 0. The summed E-state index contributed by atoms with van der Waals surface area (Å²) in [5, 5.41) is 0. The van der Waals surface area contributed by atoms with Crippen LogP contribution in [-0.2, 0) is 15.4 Å². The molecule has 0 aliphatic heterocycles. The number of hydrogen-bond acceptors (Lipinski definition) is 4. The molecule has 0 atom stereocenters. The summed E-state index contributed by atoms with van der Waals surface area (Å²) >= 11 is 0. The van der Waals surface area contributed by atoms with E-state index in [-0.39, 0.29) is 16.1 Å². The predicted molar refractivity (Wildman–Crippen MR) is 59.1 cm³/mol. The molecular formula is C10H14N2O2S. The molecule has 1 aliphatic carbocycles. The molecule has 4 nitrogen and oxygen atoms in total. The molecule has 15 heavy (non-hydrogen) atoms. The van der Waals surface area contributed by atoms with E-state index in [1.54, 1.807) is 18.2 Å². The Bertz CT molecular complexity index is 504. The Morgan fingerprint density at radius 1 is 1.33 bits per heavy atom. The van der Waals surface area contributed by atoms with Crippen molar-refractivity contribution in [3.05, 3.63) is 23.8 Å². The van der Waals surface area contributed by atoms with Gasteiger partial charge in [0.15, 0.2) is 9.84 Å². The number of rotatable bonds is 2. The average molecular weight is 226 g/mol. The largest absolute Gasteiger partial charge is 0.398 e. The molecule has 1 saturated carbocycles. The standard InChI is InChI=1S/C10H14N2O2S/c1-15(13,14)9-6-7(2-3-8(9)11)10(12)4-5-10/h2-3,6H,4-5,11-12H2,1H3. The Morgan fingerprint density at radius 3 is 2.40 bits per heavy atom. The molecule has 0 radical (unpaired) electrons. The second-order valence-electron chi connectivity index (χ2n) is 4.18. The van der Waals surface area contributed by atoms with E-state index in [1.165, 1.54) is 0 Å². The Balaban J connectivity index is 2.56. The molecule has 0 amide bonds. The number of hydrogen-bond donors (Lipinski definition) is 2. The molecule has 82 valence electrons. The third-order valence-electron chi connectivity index (χ3n) is 2.78. The molecule has 0 heterocycles. The lowest BCUT2D eigenvalue weighted by atomic mass is 10.1. The Morgan fingerprint density at radius 2 is 1.93 bits per heavy atom. The second kappa shape index (κ2) is 2.96. The van der Waals surface area contributed by atoms with Crippen molar-refractivity contribution < 1.29 is 8.42 Å². The molecule has 0 aromatic heterocycles. The maximum atomic E-state index is 11.4. The lowest BCUT2D eigenvalue weighted by Gasteiger charge is -2.11. The lowest BCUT2D eigenvalue weighted by Crippen LogP contribution is -2.19. The maximum Gasteiger partial charge on any atom is 0.177 e. The maximum absolute atomic E-state index is 11.4. The van der Waals surface area contributed by atoms with Gasteiger partial charge in [0.2, 0.25) is 0 Å².